The zero-order chi connectivity index (χ0) is 18.5. The van der Waals surface area contributed by atoms with E-state index in [1.807, 2.05) is 18.2 Å². The van der Waals surface area contributed by atoms with Gasteiger partial charge in [-0.1, -0.05) is 32.8 Å². The molecule has 1 aromatic rings. The molecule has 0 saturated heterocycles. The maximum Gasteiger partial charge on any atom is 0.231 e. The highest BCUT2D eigenvalue weighted by Crippen LogP contribution is 2.32. The second-order valence-electron chi connectivity index (χ2n) is 7.41. The fourth-order valence-corrected chi connectivity index (χ4v) is 3.63. The number of carbonyl (C=O) groups excluding carboxylic acids is 2. The Hall–Kier alpha value is -2.24. The van der Waals surface area contributed by atoms with Crippen LogP contribution in [0, 0.1) is 11.8 Å². The molecule has 26 heavy (non-hydrogen) atoms. The van der Waals surface area contributed by atoms with E-state index in [4.69, 9.17) is 9.47 Å². The van der Waals surface area contributed by atoms with Gasteiger partial charge < -0.3 is 20.1 Å². The second-order valence-corrected chi connectivity index (χ2v) is 7.41. The van der Waals surface area contributed by atoms with Crippen molar-refractivity contribution in [1.29, 1.82) is 0 Å². The number of benzene rings is 1. The van der Waals surface area contributed by atoms with Crippen molar-refractivity contribution >= 4 is 11.8 Å². The van der Waals surface area contributed by atoms with Gasteiger partial charge in [0.05, 0.1) is 0 Å². The highest BCUT2D eigenvalue weighted by atomic mass is 16.7. The SMILES string of the molecule is C[C@H]1[C@H](C)CCC[C@@H]1NC(=O)CCC(=O)NCc1ccc2c(c1)OCO2. The summed E-state index contributed by atoms with van der Waals surface area (Å²) in [4.78, 5) is 24.2. The first-order valence-electron chi connectivity index (χ1n) is 9.47. The quantitative estimate of drug-likeness (QED) is 0.818. The van der Waals surface area contributed by atoms with Gasteiger partial charge in [-0.2, -0.15) is 0 Å². The first kappa shape index (κ1) is 18.5. The third kappa shape index (κ3) is 4.68. The molecule has 142 valence electrons. The van der Waals surface area contributed by atoms with Crippen LogP contribution in [0.4, 0.5) is 0 Å². The molecule has 0 aromatic heterocycles. The smallest absolute Gasteiger partial charge is 0.231 e. The van der Waals surface area contributed by atoms with E-state index < -0.39 is 0 Å². The van der Waals surface area contributed by atoms with Gasteiger partial charge >= 0.3 is 0 Å². The van der Waals surface area contributed by atoms with Gasteiger partial charge in [0.15, 0.2) is 11.5 Å². The number of nitrogens with one attached hydrogen (secondary N) is 2. The number of amides is 2. The number of rotatable bonds is 6. The molecule has 3 rings (SSSR count). The first-order valence-corrected chi connectivity index (χ1v) is 9.47. The van der Waals surface area contributed by atoms with Crippen molar-refractivity contribution in [3.05, 3.63) is 23.8 Å². The van der Waals surface area contributed by atoms with Crippen LogP contribution in [0.15, 0.2) is 18.2 Å². The van der Waals surface area contributed by atoms with Crippen LogP contribution in [0.2, 0.25) is 0 Å². The summed E-state index contributed by atoms with van der Waals surface area (Å²) >= 11 is 0. The van der Waals surface area contributed by atoms with Crippen molar-refractivity contribution in [2.75, 3.05) is 6.79 Å². The summed E-state index contributed by atoms with van der Waals surface area (Å²) in [7, 11) is 0. The van der Waals surface area contributed by atoms with Gasteiger partial charge in [0.1, 0.15) is 0 Å². The Morgan fingerprint density at radius 2 is 1.85 bits per heavy atom. The van der Waals surface area contributed by atoms with Crippen LogP contribution < -0.4 is 20.1 Å². The van der Waals surface area contributed by atoms with Gasteiger partial charge in [0, 0.05) is 25.4 Å². The van der Waals surface area contributed by atoms with Gasteiger partial charge in [-0.05, 0) is 36.0 Å². The van der Waals surface area contributed by atoms with Crippen LogP contribution in [0.25, 0.3) is 0 Å². The van der Waals surface area contributed by atoms with Crippen LogP contribution in [0.5, 0.6) is 11.5 Å². The lowest BCUT2D eigenvalue weighted by Gasteiger charge is -2.34. The van der Waals surface area contributed by atoms with E-state index in [-0.39, 0.29) is 37.5 Å². The minimum Gasteiger partial charge on any atom is -0.454 e. The molecule has 1 fully saturated rings. The van der Waals surface area contributed by atoms with E-state index in [1.165, 1.54) is 6.42 Å². The number of ether oxygens (including phenoxy) is 2. The summed E-state index contributed by atoms with van der Waals surface area (Å²) in [5, 5.41) is 5.96. The van der Waals surface area contributed by atoms with E-state index in [0.29, 0.717) is 24.1 Å². The standard InChI is InChI=1S/C20H28N2O4/c1-13-4-3-5-16(14(13)2)22-20(24)9-8-19(23)21-11-15-6-7-17-18(10-15)26-12-25-17/h6-7,10,13-14,16H,3-5,8-9,11-12H2,1-2H3,(H,21,23)(H,22,24)/t13-,14+,16+/m1/s1. The Morgan fingerprint density at radius 3 is 2.69 bits per heavy atom. The van der Waals surface area contributed by atoms with Gasteiger partial charge in [0.25, 0.3) is 0 Å². The molecule has 2 N–H and O–H groups in total. The first-order chi connectivity index (χ1) is 12.5. The third-order valence-corrected chi connectivity index (χ3v) is 5.56. The molecule has 0 unspecified atom stereocenters. The van der Waals surface area contributed by atoms with Crippen LogP contribution >= 0.6 is 0 Å². The average molecular weight is 360 g/mol. The second kappa shape index (κ2) is 8.43. The number of hydrogen-bond donors (Lipinski definition) is 2. The molecule has 1 aliphatic heterocycles. The number of carbonyl (C=O) groups is 2. The molecule has 2 aliphatic rings. The van der Waals surface area contributed by atoms with Gasteiger partial charge in [-0.25, -0.2) is 0 Å². The molecular weight excluding hydrogens is 332 g/mol. The summed E-state index contributed by atoms with van der Waals surface area (Å²) in [6.07, 6.45) is 3.85. The van der Waals surface area contributed by atoms with Crippen molar-refractivity contribution < 1.29 is 19.1 Å². The van der Waals surface area contributed by atoms with Crippen molar-refractivity contribution in [3.8, 4) is 11.5 Å². The maximum atomic E-state index is 12.1. The van der Waals surface area contributed by atoms with Crippen molar-refractivity contribution in [1.82, 2.24) is 10.6 Å². The summed E-state index contributed by atoms with van der Waals surface area (Å²) in [6, 6.07) is 5.83. The highest BCUT2D eigenvalue weighted by Gasteiger charge is 2.28. The van der Waals surface area contributed by atoms with E-state index >= 15 is 0 Å². The van der Waals surface area contributed by atoms with Gasteiger partial charge in [-0.3, -0.25) is 9.59 Å². The monoisotopic (exact) mass is 360 g/mol. The third-order valence-electron chi connectivity index (χ3n) is 5.56. The predicted molar refractivity (Wildman–Crippen MR) is 97.8 cm³/mol. The van der Waals surface area contributed by atoms with Crippen molar-refractivity contribution in [2.45, 2.75) is 58.5 Å². The van der Waals surface area contributed by atoms with Crippen molar-refractivity contribution in [3.63, 3.8) is 0 Å². The van der Waals surface area contributed by atoms with E-state index in [0.717, 1.165) is 24.2 Å². The Labute approximate surface area is 154 Å². The number of fused-ring (bicyclic) bond motifs is 1. The Balaban J connectivity index is 1.37. The summed E-state index contributed by atoms with van der Waals surface area (Å²) in [6.45, 7) is 5.09. The predicted octanol–water partition coefficient (Wildman–Crippen LogP) is 2.75. The largest absolute Gasteiger partial charge is 0.454 e. The van der Waals surface area contributed by atoms with E-state index in [9.17, 15) is 9.59 Å². The molecular formula is C20H28N2O4. The molecule has 2 amide bonds. The summed E-state index contributed by atoms with van der Waals surface area (Å²) < 4.78 is 10.6. The van der Waals surface area contributed by atoms with Crippen LogP contribution in [0.1, 0.15) is 51.5 Å². The van der Waals surface area contributed by atoms with Crippen LogP contribution in [-0.2, 0) is 16.1 Å². The summed E-state index contributed by atoms with van der Waals surface area (Å²) in [5.41, 5.74) is 0.942. The minimum atomic E-state index is -0.122. The van der Waals surface area contributed by atoms with Gasteiger partial charge in [0.2, 0.25) is 18.6 Å². The number of hydrogen-bond acceptors (Lipinski definition) is 4. The molecule has 1 aromatic carbocycles. The molecule has 6 nitrogen and oxygen atoms in total. The van der Waals surface area contributed by atoms with E-state index in [2.05, 4.69) is 24.5 Å². The van der Waals surface area contributed by atoms with Crippen molar-refractivity contribution in [2.24, 2.45) is 11.8 Å². The lowest BCUT2D eigenvalue weighted by molar-refractivity contribution is -0.127. The lowest BCUT2D eigenvalue weighted by atomic mass is 9.78. The Kier molecular flexibility index (Phi) is 6.01. The average Bonchev–Trinajstić information content (AvgIpc) is 3.10. The molecule has 6 heteroatoms. The van der Waals surface area contributed by atoms with Gasteiger partial charge in [-0.15, -0.1) is 0 Å². The zero-order valence-corrected chi connectivity index (χ0v) is 15.5. The maximum absolute atomic E-state index is 12.1. The summed E-state index contributed by atoms with van der Waals surface area (Å²) in [5.74, 6) is 2.40. The molecule has 1 aliphatic carbocycles. The zero-order valence-electron chi connectivity index (χ0n) is 15.5. The lowest BCUT2D eigenvalue weighted by Crippen LogP contribution is -2.43. The molecule has 0 spiro atoms. The topological polar surface area (TPSA) is 76.7 Å². The van der Waals surface area contributed by atoms with Crippen LogP contribution in [0.3, 0.4) is 0 Å². The molecule has 1 heterocycles. The fourth-order valence-electron chi connectivity index (χ4n) is 3.63. The van der Waals surface area contributed by atoms with Crippen LogP contribution in [-0.4, -0.2) is 24.6 Å². The Bertz CT molecular complexity index is 661. The Morgan fingerprint density at radius 1 is 1.08 bits per heavy atom. The molecule has 0 radical (unpaired) electrons. The fraction of sp³-hybridized carbons (Fsp3) is 0.600. The van der Waals surface area contributed by atoms with E-state index in [1.54, 1.807) is 0 Å². The normalized spacial score (nSPS) is 24.2. The molecule has 0 bridgehead atoms. The highest BCUT2D eigenvalue weighted by molar-refractivity contribution is 5.83. The molecule has 1 saturated carbocycles. The minimum absolute atomic E-state index is 0.0332. The molecule has 3 atom stereocenters.